The van der Waals surface area contributed by atoms with Gasteiger partial charge in [0.25, 0.3) is 5.91 Å². The molecule has 0 fully saturated rings. The van der Waals surface area contributed by atoms with Gasteiger partial charge in [0.1, 0.15) is 11.5 Å². The lowest BCUT2D eigenvalue weighted by Gasteiger charge is -2.29. The van der Waals surface area contributed by atoms with Crippen LogP contribution in [0.4, 0.5) is 15.8 Å². The van der Waals surface area contributed by atoms with Crippen molar-refractivity contribution in [2.45, 2.75) is 12.8 Å². The van der Waals surface area contributed by atoms with Gasteiger partial charge in [-0.3, -0.25) is 4.79 Å². The molecule has 2 N–H and O–H groups in total. The van der Waals surface area contributed by atoms with Crippen LogP contribution in [0.5, 0.6) is 0 Å². The van der Waals surface area contributed by atoms with E-state index in [-0.39, 0.29) is 11.6 Å². The number of halogens is 1. The lowest BCUT2D eigenvalue weighted by atomic mass is 10.0. The molecule has 0 bridgehead atoms. The molecular formula is C15H14FN3O. The first-order chi connectivity index (χ1) is 9.65. The number of pyridine rings is 1. The van der Waals surface area contributed by atoms with Gasteiger partial charge in [0.15, 0.2) is 0 Å². The summed E-state index contributed by atoms with van der Waals surface area (Å²) in [5.41, 5.74) is 8.58. The third-order valence-corrected chi connectivity index (χ3v) is 3.42. The van der Waals surface area contributed by atoms with Gasteiger partial charge in [-0.2, -0.15) is 0 Å². The van der Waals surface area contributed by atoms with Crippen molar-refractivity contribution < 1.29 is 9.18 Å². The number of carbonyl (C=O) groups excluding carboxylic acids is 1. The number of aromatic nitrogens is 1. The molecule has 1 amide bonds. The number of carbonyl (C=O) groups is 1. The predicted octanol–water partition coefficient (Wildman–Crippen LogP) is 2.40. The van der Waals surface area contributed by atoms with Crippen LogP contribution in [0.25, 0.3) is 0 Å². The van der Waals surface area contributed by atoms with E-state index in [0.717, 1.165) is 30.3 Å². The number of nitrogens with zero attached hydrogens (tertiary/aromatic N) is 2. The van der Waals surface area contributed by atoms with Crippen molar-refractivity contribution in [1.82, 2.24) is 4.98 Å². The van der Waals surface area contributed by atoms with Crippen LogP contribution in [-0.4, -0.2) is 17.4 Å². The highest BCUT2D eigenvalue weighted by Gasteiger charge is 2.24. The quantitative estimate of drug-likeness (QED) is 0.810. The van der Waals surface area contributed by atoms with Crippen LogP contribution in [0.1, 0.15) is 22.5 Å². The lowest BCUT2D eigenvalue weighted by Crippen LogP contribution is -2.36. The molecule has 0 aliphatic carbocycles. The number of aryl methyl sites for hydroxylation is 1. The number of rotatable bonds is 1. The average molecular weight is 271 g/mol. The van der Waals surface area contributed by atoms with Gasteiger partial charge in [0.2, 0.25) is 0 Å². The predicted molar refractivity (Wildman–Crippen MR) is 75.0 cm³/mol. The first-order valence-corrected chi connectivity index (χ1v) is 6.47. The lowest BCUT2D eigenvalue weighted by molar-refractivity contribution is 0.0980. The van der Waals surface area contributed by atoms with E-state index in [1.54, 1.807) is 11.0 Å². The van der Waals surface area contributed by atoms with Crippen LogP contribution >= 0.6 is 0 Å². The summed E-state index contributed by atoms with van der Waals surface area (Å²) in [6.07, 6.45) is 2.87. The number of nitrogen functional groups attached to an aromatic ring is 1. The molecule has 0 spiro atoms. The molecule has 0 saturated heterocycles. The topological polar surface area (TPSA) is 59.2 Å². The third-order valence-electron chi connectivity index (χ3n) is 3.42. The van der Waals surface area contributed by atoms with Crippen LogP contribution in [0.15, 0.2) is 36.5 Å². The maximum Gasteiger partial charge on any atom is 0.276 e. The van der Waals surface area contributed by atoms with Crippen LogP contribution in [0, 0.1) is 5.82 Å². The zero-order valence-corrected chi connectivity index (χ0v) is 10.8. The smallest absolute Gasteiger partial charge is 0.276 e. The molecule has 20 heavy (non-hydrogen) atoms. The molecule has 2 aromatic rings. The van der Waals surface area contributed by atoms with Crippen molar-refractivity contribution in [3.63, 3.8) is 0 Å². The van der Waals surface area contributed by atoms with E-state index in [4.69, 9.17) is 5.73 Å². The van der Waals surface area contributed by atoms with Gasteiger partial charge < -0.3 is 10.6 Å². The van der Waals surface area contributed by atoms with Gasteiger partial charge in [0.05, 0.1) is 6.20 Å². The number of benzene rings is 1. The number of hydrogen-bond acceptors (Lipinski definition) is 3. The molecule has 0 radical (unpaired) electrons. The number of nitrogens with two attached hydrogens (primary N) is 1. The van der Waals surface area contributed by atoms with Gasteiger partial charge in [-0.25, -0.2) is 9.37 Å². The fourth-order valence-electron chi connectivity index (χ4n) is 2.44. The van der Waals surface area contributed by atoms with Crippen molar-refractivity contribution in [2.24, 2.45) is 0 Å². The minimum atomic E-state index is -0.454. The molecule has 1 aromatic carbocycles. The van der Waals surface area contributed by atoms with E-state index in [0.29, 0.717) is 12.2 Å². The first-order valence-electron chi connectivity index (χ1n) is 6.47. The molecule has 0 atom stereocenters. The molecule has 0 unspecified atom stereocenters. The van der Waals surface area contributed by atoms with E-state index < -0.39 is 5.82 Å². The van der Waals surface area contributed by atoms with Gasteiger partial charge in [0, 0.05) is 17.9 Å². The minimum absolute atomic E-state index is 0.225. The maximum atomic E-state index is 12.9. The Morgan fingerprint density at radius 1 is 1.30 bits per heavy atom. The fourth-order valence-corrected chi connectivity index (χ4v) is 2.44. The van der Waals surface area contributed by atoms with Crippen LogP contribution < -0.4 is 10.6 Å². The Bertz CT molecular complexity index is 655. The van der Waals surface area contributed by atoms with Crippen LogP contribution in [0.2, 0.25) is 0 Å². The van der Waals surface area contributed by atoms with Gasteiger partial charge in [-0.15, -0.1) is 0 Å². The fraction of sp³-hybridized carbons (Fsp3) is 0.200. The van der Waals surface area contributed by atoms with Crippen LogP contribution in [-0.2, 0) is 6.42 Å². The standard InChI is InChI=1S/C15H14FN3O/c16-11-4-6-13(18-9-11)15(20)19-7-1-2-10-3-5-12(17)8-14(10)19/h3-6,8-9H,1-2,7,17H2. The number of anilines is 2. The van der Waals surface area contributed by atoms with Crippen molar-refractivity contribution in [3.05, 3.63) is 53.6 Å². The summed E-state index contributed by atoms with van der Waals surface area (Å²) in [4.78, 5) is 18.0. The maximum absolute atomic E-state index is 12.9. The normalized spacial score (nSPS) is 13.9. The summed E-state index contributed by atoms with van der Waals surface area (Å²) in [6.45, 7) is 0.619. The van der Waals surface area contributed by atoms with Gasteiger partial charge in [-0.05, 0) is 42.7 Å². The minimum Gasteiger partial charge on any atom is -0.399 e. The summed E-state index contributed by atoms with van der Waals surface area (Å²) in [5.74, 6) is -0.679. The summed E-state index contributed by atoms with van der Waals surface area (Å²) < 4.78 is 12.9. The molecule has 1 aromatic heterocycles. The van der Waals surface area contributed by atoms with Crippen molar-refractivity contribution in [1.29, 1.82) is 0 Å². The molecule has 1 aliphatic rings. The SMILES string of the molecule is Nc1ccc2c(c1)N(C(=O)c1ccc(F)cn1)CCC2. The van der Waals surface area contributed by atoms with Crippen LogP contribution in [0.3, 0.4) is 0 Å². The second-order valence-corrected chi connectivity index (χ2v) is 4.81. The molecule has 3 rings (SSSR count). The molecule has 1 aliphatic heterocycles. The largest absolute Gasteiger partial charge is 0.399 e. The molecule has 102 valence electrons. The molecule has 0 saturated carbocycles. The Labute approximate surface area is 116 Å². The highest BCUT2D eigenvalue weighted by atomic mass is 19.1. The Morgan fingerprint density at radius 2 is 2.15 bits per heavy atom. The van der Waals surface area contributed by atoms with Gasteiger partial charge in [-0.1, -0.05) is 6.07 Å². The number of fused-ring (bicyclic) bond motifs is 1. The molecule has 2 heterocycles. The molecule has 4 nitrogen and oxygen atoms in total. The Hall–Kier alpha value is -2.43. The van der Waals surface area contributed by atoms with Crippen molar-refractivity contribution in [2.75, 3.05) is 17.2 Å². The monoisotopic (exact) mass is 271 g/mol. The summed E-state index contributed by atoms with van der Waals surface area (Å²) in [6, 6.07) is 8.23. The van der Waals surface area contributed by atoms with E-state index >= 15 is 0 Å². The van der Waals surface area contributed by atoms with Crippen molar-refractivity contribution >= 4 is 17.3 Å². The van der Waals surface area contributed by atoms with E-state index in [1.165, 1.54) is 12.1 Å². The van der Waals surface area contributed by atoms with E-state index in [1.807, 2.05) is 12.1 Å². The first kappa shape index (κ1) is 12.6. The average Bonchev–Trinajstić information content (AvgIpc) is 2.46. The highest BCUT2D eigenvalue weighted by Crippen LogP contribution is 2.30. The zero-order valence-electron chi connectivity index (χ0n) is 10.8. The number of hydrogen-bond donors (Lipinski definition) is 1. The second kappa shape index (κ2) is 4.92. The Balaban J connectivity index is 1.97. The van der Waals surface area contributed by atoms with Crippen molar-refractivity contribution in [3.8, 4) is 0 Å². The van der Waals surface area contributed by atoms with E-state index in [9.17, 15) is 9.18 Å². The highest BCUT2D eigenvalue weighted by molar-refractivity contribution is 6.05. The Kier molecular flexibility index (Phi) is 3.10. The molecular weight excluding hydrogens is 257 g/mol. The summed E-state index contributed by atoms with van der Waals surface area (Å²) in [7, 11) is 0. The van der Waals surface area contributed by atoms with Gasteiger partial charge >= 0.3 is 0 Å². The van der Waals surface area contributed by atoms with E-state index in [2.05, 4.69) is 4.98 Å². The molecule has 5 heteroatoms. The third kappa shape index (κ3) is 2.22. The Morgan fingerprint density at radius 3 is 2.90 bits per heavy atom. The second-order valence-electron chi connectivity index (χ2n) is 4.81. The zero-order chi connectivity index (χ0) is 14.1. The summed E-state index contributed by atoms with van der Waals surface area (Å²) >= 11 is 0. The number of amides is 1. The summed E-state index contributed by atoms with van der Waals surface area (Å²) in [5, 5.41) is 0.